The van der Waals surface area contributed by atoms with E-state index in [9.17, 15) is 4.79 Å². The second-order valence-electron chi connectivity index (χ2n) is 4.72. The van der Waals surface area contributed by atoms with Gasteiger partial charge >= 0.3 is 129 Å². The van der Waals surface area contributed by atoms with Gasteiger partial charge < -0.3 is 0 Å². The van der Waals surface area contributed by atoms with Gasteiger partial charge in [0.25, 0.3) is 0 Å². The number of hydrogen-bond donors (Lipinski definition) is 1. The maximum absolute atomic E-state index is 12.1. The van der Waals surface area contributed by atoms with E-state index in [0.717, 1.165) is 15.9 Å². The first-order valence-electron chi connectivity index (χ1n) is 6.61. The van der Waals surface area contributed by atoms with Gasteiger partial charge in [-0.15, -0.1) is 0 Å². The number of anilines is 1. The molecule has 0 saturated carbocycles. The van der Waals surface area contributed by atoms with Crippen LogP contribution in [0.5, 0.6) is 0 Å². The van der Waals surface area contributed by atoms with Crippen molar-refractivity contribution in [1.82, 2.24) is 4.98 Å². The van der Waals surface area contributed by atoms with Crippen molar-refractivity contribution in [2.75, 3.05) is 5.32 Å². The number of carbonyl (C=O) groups excluding carboxylic acids is 1. The molecule has 0 unspecified atom stereocenters. The van der Waals surface area contributed by atoms with E-state index in [-0.39, 0.29) is 20.4 Å². The van der Waals surface area contributed by atoms with E-state index in [1.54, 1.807) is 12.1 Å². The van der Waals surface area contributed by atoms with Crippen LogP contribution in [0.15, 0.2) is 59.5 Å². The molecule has 0 saturated heterocycles. The molecule has 0 aliphatic rings. The third-order valence-electron chi connectivity index (χ3n) is 3.11. The normalized spacial score (nSPS) is 10.3. The second-order valence-corrected chi connectivity index (χ2v) is 6.52. The summed E-state index contributed by atoms with van der Waals surface area (Å²) in [7, 11) is 0. The number of aryl methyl sites for hydroxylation is 1. The van der Waals surface area contributed by atoms with Crippen LogP contribution in [0.1, 0.15) is 15.9 Å². The van der Waals surface area contributed by atoms with E-state index in [1.807, 2.05) is 18.2 Å². The van der Waals surface area contributed by atoms with Gasteiger partial charge in [-0.05, 0) is 0 Å². The summed E-state index contributed by atoms with van der Waals surface area (Å²) in [5.41, 5.74) is 3.91. The molecule has 1 heterocycles. The van der Waals surface area contributed by atoms with Crippen molar-refractivity contribution in [3.63, 3.8) is 0 Å². The molecule has 3 nitrogen and oxygen atoms in total. The number of nitrogens with one attached hydrogen (secondary N) is 1. The van der Waals surface area contributed by atoms with Crippen molar-refractivity contribution in [2.45, 2.75) is 6.92 Å². The molecule has 0 fully saturated rings. The van der Waals surface area contributed by atoms with Crippen LogP contribution in [0.4, 0.5) is 4.69 Å². The van der Waals surface area contributed by atoms with Crippen LogP contribution in [0, 0.1) is 6.92 Å². The zero-order valence-electron chi connectivity index (χ0n) is 11.5. The molecule has 0 radical (unpaired) electrons. The van der Waals surface area contributed by atoms with Crippen molar-refractivity contribution in [2.24, 2.45) is 0 Å². The van der Waals surface area contributed by atoms with Gasteiger partial charge in [0, 0.05) is 0 Å². The first kappa shape index (κ1) is 13.8. The summed E-state index contributed by atoms with van der Waals surface area (Å²) < 4.78 is 0.756. The molecule has 2 aromatic carbocycles. The van der Waals surface area contributed by atoms with E-state index in [2.05, 4.69) is 46.4 Å². The molecular weight excluding hydrogens is 327 g/mol. The molecule has 0 bridgehead atoms. The molecule has 1 N–H and O–H groups in total. The minimum absolute atomic E-state index is 0.0741. The fourth-order valence-electron chi connectivity index (χ4n) is 1.95. The van der Waals surface area contributed by atoms with Crippen molar-refractivity contribution in [3.8, 4) is 11.3 Å². The number of nitrogens with zero attached hydrogens (tertiary/aromatic N) is 1. The predicted molar refractivity (Wildman–Crippen MR) is 85.7 cm³/mol. The van der Waals surface area contributed by atoms with Gasteiger partial charge in [0.05, 0.1) is 0 Å². The molecule has 0 atom stereocenters. The summed E-state index contributed by atoms with van der Waals surface area (Å²) >= 11 is 0.0741. The zero-order chi connectivity index (χ0) is 14.7. The first-order valence-corrected chi connectivity index (χ1v) is 8.46. The van der Waals surface area contributed by atoms with Gasteiger partial charge in [0.2, 0.25) is 0 Å². The number of aromatic nitrogens is 1. The van der Waals surface area contributed by atoms with Crippen molar-refractivity contribution < 1.29 is 4.79 Å². The molecule has 3 rings (SSSR count). The van der Waals surface area contributed by atoms with Crippen LogP contribution in [0.3, 0.4) is 0 Å². The van der Waals surface area contributed by atoms with Gasteiger partial charge in [-0.25, -0.2) is 0 Å². The van der Waals surface area contributed by atoms with E-state index >= 15 is 0 Å². The van der Waals surface area contributed by atoms with Crippen LogP contribution in [0.25, 0.3) is 11.3 Å². The van der Waals surface area contributed by atoms with Crippen molar-refractivity contribution in [3.05, 3.63) is 70.7 Å². The average Bonchev–Trinajstić information content (AvgIpc) is 2.97. The molecule has 3 aromatic rings. The number of amides is 1. The molecular formula is C17H14N2OSe. The number of benzene rings is 2. The molecule has 1 aromatic heterocycles. The Morgan fingerprint density at radius 3 is 2.48 bits per heavy atom. The molecule has 0 aliphatic carbocycles. The van der Waals surface area contributed by atoms with Gasteiger partial charge in [-0.3, -0.25) is 0 Å². The number of carbonyl (C=O) groups is 1. The summed E-state index contributed by atoms with van der Waals surface area (Å²) in [5.74, 6) is -0.102. The fourth-order valence-corrected chi connectivity index (χ4v) is 3.45. The first-order chi connectivity index (χ1) is 10.2. The Labute approximate surface area is 129 Å². The van der Waals surface area contributed by atoms with E-state index in [4.69, 9.17) is 0 Å². The van der Waals surface area contributed by atoms with Crippen LogP contribution in [-0.2, 0) is 0 Å². The summed E-state index contributed by atoms with van der Waals surface area (Å²) in [6.07, 6.45) is 0. The summed E-state index contributed by atoms with van der Waals surface area (Å²) in [6, 6.07) is 17.5. The maximum atomic E-state index is 12.1. The second kappa shape index (κ2) is 6.08. The third kappa shape index (κ3) is 3.30. The SMILES string of the molecule is Cc1ccc(-c2c[se]c(NC(=O)c3ccccc3)n2)cc1. The molecule has 4 heteroatoms. The summed E-state index contributed by atoms with van der Waals surface area (Å²) in [6.45, 7) is 2.06. The minimum atomic E-state index is -0.102. The molecule has 21 heavy (non-hydrogen) atoms. The van der Waals surface area contributed by atoms with Crippen LogP contribution in [-0.4, -0.2) is 25.4 Å². The van der Waals surface area contributed by atoms with Crippen molar-refractivity contribution in [1.29, 1.82) is 0 Å². The Balaban J connectivity index is 1.76. The Morgan fingerprint density at radius 2 is 1.76 bits per heavy atom. The quantitative estimate of drug-likeness (QED) is 0.742. The Hall–Kier alpha value is -2.16. The molecule has 104 valence electrons. The van der Waals surface area contributed by atoms with Gasteiger partial charge in [-0.2, -0.15) is 0 Å². The van der Waals surface area contributed by atoms with E-state index < -0.39 is 0 Å². The van der Waals surface area contributed by atoms with Crippen LogP contribution < -0.4 is 5.32 Å². The van der Waals surface area contributed by atoms with Crippen LogP contribution >= 0.6 is 0 Å². The van der Waals surface area contributed by atoms with Crippen LogP contribution in [0.2, 0.25) is 0 Å². The average molecular weight is 341 g/mol. The fraction of sp³-hybridized carbons (Fsp3) is 0.0588. The van der Waals surface area contributed by atoms with E-state index in [0.29, 0.717) is 5.56 Å². The molecule has 0 spiro atoms. The zero-order valence-corrected chi connectivity index (χ0v) is 13.3. The topological polar surface area (TPSA) is 42.0 Å². The third-order valence-corrected chi connectivity index (χ3v) is 4.70. The van der Waals surface area contributed by atoms with Gasteiger partial charge in [0.15, 0.2) is 0 Å². The monoisotopic (exact) mass is 342 g/mol. The Bertz CT molecular complexity index is 748. The number of hydrogen-bond acceptors (Lipinski definition) is 2. The number of rotatable bonds is 3. The molecule has 0 aliphatic heterocycles. The standard InChI is InChI=1S/C17H14N2OSe/c1-12-7-9-13(10-8-12)15-11-21-17(18-15)19-16(20)14-5-3-2-4-6-14/h2-11H,1H3,(H,18,19,20). The Morgan fingerprint density at radius 1 is 1.05 bits per heavy atom. The van der Waals surface area contributed by atoms with Gasteiger partial charge in [0.1, 0.15) is 0 Å². The predicted octanol–water partition coefficient (Wildman–Crippen LogP) is 3.37. The Kier molecular flexibility index (Phi) is 4.00. The van der Waals surface area contributed by atoms with E-state index in [1.165, 1.54) is 5.56 Å². The van der Waals surface area contributed by atoms with Crippen molar-refractivity contribution >= 4 is 25.1 Å². The van der Waals surface area contributed by atoms with Gasteiger partial charge in [-0.1, -0.05) is 0 Å². The summed E-state index contributed by atoms with van der Waals surface area (Å²) in [5, 5.41) is 2.89. The molecule has 1 amide bonds. The summed E-state index contributed by atoms with van der Waals surface area (Å²) in [4.78, 5) is 18.7.